The van der Waals surface area contributed by atoms with E-state index in [-0.39, 0.29) is 24.4 Å². The molecule has 0 bridgehead atoms. The van der Waals surface area contributed by atoms with Gasteiger partial charge in [0, 0.05) is 48.0 Å². The number of ether oxygens (including phenoxy) is 1. The van der Waals surface area contributed by atoms with E-state index < -0.39 is 5.54 Å². The summed E-state index contributed by atoms with van der Waals surface area (Å²) in [6, 6.07) is 22.9. The smallest absolute Gasteiger partial charge is 0.257 e. The van der Waals surface area contributed by atoms with Crippen LogP contribution in [0.2, 0.25) is 0 Å². The number of nitrogens with zero attached hydrogens (tertiary/aromatic N) is 3. The Balaban J connectivity index is 1.52. The van der Waals surface area contributed by atoms with E-state index in [1.807, 2.05) is 89.8 Å². The van der Waals surface area contributed by atoms with Crippen LogP contribution >= 0.6 is 0 Å². The molecule has 3 heterocycles. The molecule has 7 heteroatoms. The standard InChI is InChI=1S/C32H32N4O3/c1-39-26-15-12-23(13-16-26)22-36-30(37)27-21-25(35-19-7-8-20-35)14-17-28(27)32(36,29-11-5-6-18-33-29)31(38)34-24-9-3-2-4-10-24/h5-8,11-21,24H,2-4,9-10,22H2,1H3,(H,34,38). The predicted molar refractivity (Wildman–Crippen MR) is 149 cm³/mol. The Morgan fingerprint density at radius 3 is 2.46 bits per heavy atom. The molecule has 0 spiro atoms. The van der Waals surface area contributed by atoms with Gasteiger partial charge in [-0.3, -0.25) is 14.6 Å². The molecule has 1 N–H and O–H groups in total. The molecule has 1 aliphatic carbocycles. The monoisotopic (exact) mass is 520 g/mol. The molecule has 6 rings (SSSR count). The normalized spacial score (nSPS) is 19.1. The van der Waals surface area contributed by atoms with Gasteiger partial charge < -0.3 is 19.5 Å². The topological polar surface area (TPSA) is 76.5 Å². The van der Waals surface area contributed by atoms with Crippen LogP contribution in [0.15, 0.2) is 91.4 Å². The Labute approximate surface area is 228 Å². The highest BCUT2D eigenvalue weighted by atomic mass is 16.5. The Morgan fingerprint density at radius 1 is 1.00 bits per heavy atom. The third-order valence-corrected chi connectivity index (χ3v) is 7.98. The molecule has 0 radical (unpaired) electrons. The third kappa shape index (κ3) is 4.38. The molecule has 1 atom stereocenters. The van der Waals surface area contributed by atoms with Crippen LogP contribution < -0.4 is 10.1 Å². The van der Waals surface area contributed by atoms with E-state index in [9.17, 15) is 9.59 Å². The lowest BCUT2D eigenvalue weighted by Crippen LogP contribution is -2.57. The first-order valence-electron chi connectivity index (χ1n) is 13.6. The van der Waals surface area contributed by atoms with Crippen molar-refractivity contribution in [1.29, 1.82) is 0 Å². The van der Waals surface area contributed by atoms with Gasteiger partial charge in [0.05, 0.1) is 12.8 Å². The first kappa shape index (κ1) is 24.9. The maximum atomic E-state index is 14.6. The SMILES string of the molecule is COc1ccc(CN2C(=O)c3cc(-n4cccc4)ccc3C2(C(=O)NC2CCCCC2)c2ccccn2)cc1. The summed E-state index contributed by atoms with van der Waals surface area (Å²) < 4.78 is 7.30. The molecular weight excluding hydrogens is 488 g/mol. The van der Waals surface area contributed by atoms with E-state index in [0.717, 1.165) is 42.7 Å². The fourth-order valence-electron chi connectivity index (χ4n) is 5.99. The van der Waals surface area contributed by atoms with E-state index in [1.54, 1.807) is 18.2 Å². The van der Waals surface area contributed by atoms with Gasteiger partial charge in [-0.15, -0.1) is 0 Å². The quantitative estimate of drug-likeness (QED) is 0.362. The molecule has 0 saturated heterocycles. The van der Waals surface area contributed by atoms with Gasteiger partial charge in [-0.05, 0) is 66.9 Å². The number of methoxy groups -OCH3 is 1. The number of carbonyl (C=O) groups is 2. The number of nitrogens with one attached hydrogen (secondary N) is 1. The Hall–Kier alpha value is -4.39. The van der Waals surface area contributed by atoms with Crippen molar-refractivity contribution < 1.29 is 14.3 Å². The number of fused-ring (bicyclic) bond motifs is 1. The van der Waals surface area contributed by atoms with Gasteiger partial charge in [-0.25, -0.2) is 0 Å². The number of benzene rings is 2. The molecule has 2 amide bonds. The van der Waals surface area contributed by atoms with Crippen molar-refractivity contribution in [3.8, 4) is 11.4 Å². The molecule has 7 nitrogen and oxygen atoms in total. The summed E-state index contributed by atoms with van der Waals surface area (Å²) in [7, 11) is 1.62. The lowest BCUT2D eigenvalue weighted by Gasteiger charge is -2.39. The van der Waals surface area contributed by atoms with Gasteiger partial charge in [0.15, 0.2) is 5.54 Å². The van der Waals surface area contributed by atoms with Crippen LogP contribution in [-0.4, -0.2) is 39.4 Å². The van der Waals surface area contributed by atoms with Crippen LogP contribution in [0.25, 0.3) is 5.69 Å². The second-order valence-electron chi connectivity index (χ2n) is 10.3. The van der Waals surface area contributed by atoms with Gasteiger partial charge in [0.1, 0.15) is 5.75 Å². The van der Waals surface area contributed by atoms with Crippen LogP contribution in [0.5, 0.6) is 5.75 Å². The van der Waals surface area contributed by atoms with Crippen molar-refractivity contribution in [3.63, 3.8) is 0 Å². The maximum absolute atomic E-state index is 14.6. The number of amides is 2. The van der Waals surface area contributed by atoms with Crippen LogP contribution in [-0.2, 0) is 16.9 Å². The highest BCUT2D eigenvalue weighted by molar-refractivity contribution is 6.09. The maximum Gasteiger partial charge on any atom is 0.257 e. The minimum atomic E-state index is -1.40. The summed E-state index contributed by atoms with van der Waals surface area (Å²) in [6.07, 6.45) is 10.8. The first-order chi connectivity index (χ1) is 19.1. The molecule has 1 saturated carbocycles. The average Bonchev–Trinajstić information content (AvgIpc) is 3.61. The number of carbonyl (C=O) groups excluding carboxylic acids is 2. The molecule has 1 aliphatic heterocycles. The number of hydrogen-bond acceptors (Lipinski definition) is 4. The Kier molecular flexibility index (Phi) is 6.65. The largest absolute Gasteiger partial charge is 0.497 e. The Morgan fingerprint density at radius 2 is 1.77 bits per heavy atom. The number of rotatable bonds is 7. The molecule has 1 fully saturated rings. The zero-order valence-electron chi connectivity index (χ0n) is 22.0. The van der Waals surface area contributed by atoms with Crippen LogP contribution in [0.1, 0.15) is 59.3 Å². The van der Waals surface area contributed by atoms with Gasteiger partial charge in [-0.2, -0.15) is 0 Å². The average molecular weight is 521 g/mol. The number of aromatic nitrogens is 2. The third-order valence-electron chi connectivity index (χ3n) is 7.98. The van der Waals surface area contributed by atoms with Crippen molar-refractivity contribution in [2.24, 2.45) is 0 Å². The molecule has 2 aromatic heterocycles. The second-order valence-corrected chi connectivity index (χ2v) is 10.3. The summed E-state index contributed by atoms with van der Waals surface area (Å²) in [5, 5.41) is 3.34. The van der Waals surface area contributed by atoms with E-state index in [1.165, 1.54) is 6.42 Å². The molecule has 198 valence electrons. The number of hydrogen-bond donors (Lipinski definition) is 1. The zero-order chi connectivity index (χ0) is 26.8. The van der Waals surface area contributed by atoms with Crippen molar-refractivity contribution in [1.82, 2.24) is 19.8 Å². The van der Waals surface area contributed by atoms with Crippen LogP contribution in [0.3, 0.4) is 0 Å². The summed E-state index contributed by atoms with van der Waals surface area (Å²) in [5.41, 5.74) is 2.06. The van der Waals surface area contributed by atoms with E-state index in [2.05, 4.69) is 5.32 Å². The molecule has 4 aromatic rings. The lowest BCUT2D eigenvalue weighted by molar-refractivity contribution is -0.131. The molecule has 1 unspecified atom stereocenters. The summed E-state index contributed by atoms with van der Waals surface area (Å²) in [6.45, 7) is 0.241. The van der Waals surface area contributed by atoms with E-state index in [0.29, 0.717) is 16.8 Å². The fourth-order valence-corrected chi connectivity index (χ4v) is 5.99. The molecular formula is C32H32N4O3. The van der Waals surface area contributed by atoms with E-state index in [4.69, 9.17) is 9.72 Å². The Bertz CT molecular complexity index is 1460. The lowest BCUT2D eigenvalue weighted by atomic mass is 9.83. The minimum Gasteiger partial charge on any atom is -0.497 e. The zero-order valence-corrected chi connectivity index (χ0v) is 22.0. The van der Waals surface area contributed by atoms with Crippen LogP contribution in [0, 0.1) is 0 Å². The van der Waals surface area contributed by atoms with Gasteiger partial charge in [0.25, 0.3) is 11.8 Å². The molecule has 2 aromatic carbocycles. The van der Waals surface area contributed by atoms with E-state index >= 15 is 0 Å². The minimum absolute atomic E-state index is 0.0768. The van der Waals surface area contributed by atoms with Crippen molar-refractivity contribution in [2.45, 2.75) is 50.2 Å². The highest BCUT2D eigenvalue weighted by Crippen LogP contribution is 2.45. The van der Waals surface area contributed by atoms with Gasteiger partial charge in [-0.1, -0.05) is 43.5 Å². The first-order valence-corrected chi connectivity index (χ1v) is 13.6. The van der Waals surface area contributed by atoms with Crippen molar-refractivity contribution >= 4 is 11.8 Å². The predicted octanol–water partition coefficient (Wildman–Crippen LogP) is 5.23. The summed E-state index contributed by atoms with van der Waals surface area (Å²) >= 11 is 0. The van der Waals surface area contributed by atoms with Gasteiger partial charge >= 0.3 is 0 Å². The van der Waals surface area contributed by atoms with Gasteiger partial charge in [0.2, 0.25) is 0 Å². The van der Waals surface area contributed by atoms with Crippen molar-refractivity contribution in [3.05, 3.63) is 114 Å². The van der Waals surface area contributed by atoms with Crippen molar-refractivity contribution in [2.75, 3.05) is 7.11 Å². The number of pyridine rings is 1. The summed E-state index contributed by atoms with van der Waals surface area (Å²) in [4.78, 5) is 35.3. The summed E-state index contributed by atoms with van der Waals surface area (Å²) in [5.74, 6) is 0.332. The highest BCUT2D eigenvalue weighted by Gasteiger charge is 2.57. The molecule has 2 aliphatic rings. The fraction of sp³-hybridized carbons (Fsp3) is 0.281. The molecule has 39 heavy (non-hydrogen) atoms. The van der Waals surface area contributed by atoms with Crippen LogP contribution in [0.4, 0.5) is 0 Å². The second kappa shape index (κ2) is 10.4.